The summed E-state index contributed by atoms with van der Waals surface area (Å²) in [5.41, 5.74) is 0.667. The van der Waals surface area contributed by atoms with Crippen molar-refractivity contribution < 1.29 is 14.3 Å². The highest BCUT2D eigenvalue weighted by atomic mass is 16.5. The van der Waals surface area contributed by atoms with Gasteiger partial charge in [0.25, 0.3) is 0 Å². The molecule has 0 aliphatic rings. The summed E-state index contributed by atoms with van der Waals surface area (Å²) in [7, 11) is 2.88. The SMILES string of the molecule is COC(=O)C(C)c1cc(OC)c2c(=O)c3ccccc3ccc2c1. The van der Waals surface area contributed by atoms with Crippen LogP contribution in [-0.2, 0) is 9.53 Å². The molecule has 1 atom stereocenters. The van der Waals surface area contributed by atoms with Crippen LogP contribution in [-0.4, -0.2) is 20.2 Å². The van der Waals surface area contributed by atoms with Crippen molar-refractivity contribution in [3.8, 4) is 5.75 Å². The summed E-state index contributed by atoms with van der Waals surface area (Å²) in [5.74, 6) is -0.308. The lowest BCUT2D eigenvalue weighted by molar-refractivity contribution is -0.141. The number of esters is 1. The van der Waals surface area contributed by atoms with E-state index in [9.17, 15) is 9.59 Å². The number of fused-ring (bicyclic) bond motifs is 2. The van der Waals surface area contributed by atoms with Crippen LogP contribution in [0, 0.1) is 0 Å². The Labute approximate surface area is 139 Å². The summed E-state index contributed by atoms with van der Waals surface area (Å²) < 4.78 is 10.3. The third kappa shape index (κ3) is 2.60. The molecule has 0 bridgehead atoms. The summed E-state index contributed by atoms with van der Waals surface area (Å²) in [6, 6.07) is 14.8. The van der Waals surface area contributed by atoms with Gasteiger partial charge in [0.05, 0.1) is 25.5 Å². The monoisotopic (exact) mass is 322 g/mol. The number of carbonyl (C=O) groups is 1. The van der Waals surface area contributed by atoms with Gasteiger partial charge in [0.1, 0.15) is 5.75 Å². The molecule has 3 rings (SSSR count). The van der Waals surface area contributed by atoms with Crippen LogP contribution in [0.15, 0.2) is 53.3 Å². The van der Waals surface area contributed by atoms with Crippen LogP contribution in [0.2, 0.25) is 0 Å². The molecule has 24 heavy (non-hydrogen) atoms. The Balaban J connectivity index is 2.40. The van der Waals surface area contributed by atoms with Gasteiger partial charge in [-0.15, -0.1) is 0 Å². The Kier molecular flexibility index (Phi) is 4.21. The molecular formula is C20H18O4. The van der Waals surface area contributed by atoms with Crippen molar-refractivity contribution in [1.29, 1.82) is 0 Å². The van der Waals surface area contributed by atoms with Crippen molar-refractivity contribution >= 4 is 27.5 Å². The van der Waals surface area contributed by atoms with E-state index in [1.54, 1.807) is 13.0 Å². The van der Waals surface area contributed by atoms with Crippen molar-refractivity contribution in [2.24, 2.45) is 0 Å². The number of methoxy groups -OCH3 is 2. The van der Waals surface area contributed by atoms with Gasteiger partial charge in [0.2, 0.25) is 0 Å². The van der Waals surface area contributed by atoms with Crippen LogP contribution in [0.1, 0.15) is 18.4 Å². The second kappa shape index (κ2) is 6.32. The number of hydrogen-bond acceptors (Lipinski definition) is 4. The van der Waals surface area contributed by atoms with Gasteiger partial charge < -0.3 is 9.47 Å². The molecule has 0 spiro atoms. The van der Waals surface area contributed by atoms with Gasteiger partial charge in [-0.05, 0) is 35.4 Å². The minimum Gasteiger partial charge on any atom is -0.496 e. The van der Waals surface area contributed by atoms with Crippen LogP contribution in [0.3, 0.4) is 0 Å². The molecule has 0 aromatic heterocycles. The molecule has 0 heterocycles. The van der Waals surface area contributed by atoms with E-state index in [0.29, 0.717) is 16.5 Å². The highest BCUT2D eigenvalue weighted by Gasteiger charge is 2.19. The fraction of sp³-hybridized carbons (Fsp3) is 0.200. The summed E-state index contributed by atoms with van der Waals surface area (Å²) in [6.45, 7) is 1.77. The van der Waals surface area contributed by atoms with Gasteiger partial charge in [0, 0.05) is 5.39 Å². The maximum Gasteiger partial charge on any atom is 0.312 e. The average Bonchev–Trinajstić information content (AvgIpc) is 2.77. The van der Waals surface area contributed by atoms with E-state index in [1.165, 1.54) is 14.2 Å². The molecular weight excluding hydrogens is 304 g/mol. The van der Waals surface area contributed by atoms with E-state index in [-0.39, 0.29) is 11.4 Å². The number of benzene rings is 2. The Morgan fingerprint density at radius 2 is 1.71 bits per heavy atom. The number of hydrogen-bond donors (Lipinski definition) is 0. The second-order valence-electron chi connectivity index (χ2n) is 5.68. The summed E-state index contributed by atoms with van der Waals surface area (Å²) in [4.78, 5) is 24.8. The highest BCUT2D eigenvalue weighted by Crippen LogP contribution is 2.30. The Bertz CT molecular complexity index is 992. The smallest absolute Gasteiger partial charge is 0.312 e. The lowest BCUT2D eigenvalue weighted by Crippen LogP contribution is -2.11. The zero-order chi connectivity index (χ0) is 17.3. The predicted octanol–water partition coefficient (Wildman–Crippen LogP) is 3.64. The van der Waals surface area contributed by atoms with Crippen molar-refractivity contribution in [2.45, 2.75) is 12.8 Å². The maximum absolute atomic E-state index is 13.0. The largest absolute Gasteiger partial charge is 0.496 e. The van der Waals surface area contributed by atoms with Crippen molar-refractivity contribution in [3.05, 3.63) is 64.3 Å². The van der Waals surface area contributed by atoms with Gasteiger partial charge in [-0.2, -0.15) is 0 Å². The predicted molar refractivity (Wildman–Crippen MR) is 94.7 cm³/mol. The standard InChI is InChI=1S/C20H18O4/c1-12(20(22)24-3)15-10-14-9-8-13-6-4-5-7-16(13)19(21)18(14)17(11-15)23-2/h4-12H,1-3H3. The van der Waals surface area contributed by atoms with Crippen LogP contribution in [0.4, 0.5) is 0 Å². The Morgan fingerprint density at radius 1 is 1.00 bits per heavy atom. The molecule has 0 radical (unpaired) electrons. The molecule has 0 saturated heterocycles. The molecule has 0 saturated carbocycles. The zero-order valence-corrected chi connectivity index (χ0v) is 13.8. The summed E-state index contributed by atoms with van der Waals surface area (Å²) in [5, 5.41) is 2.75. The molecule has 4 nitrogen and oxygen atoms in total. The molecule has 0 aliphatic carbocycles. The van der Waals surface area contributed by atoms with Gasteiger partial charge >= 0.3 is 5.97 Å². The minimum atomic E-state index is -0.441. The van der Waals surface area contributed by atoms with E-state index in [1.807, 2.05) is 42.5 Å². The quantitative estimate of drug-likeness (QED) is 0.691. The molecule has 0 amide bonds. The van der Waals surface area contributed by atoms with Crippen LogP contribution in [0.5, 0.6) is 5.75 Å². The van der Waals surface area contributed by atoms with E-state index in [0.717, 1.165) is 16.3 Å². The van der Waals surface area contributed by atoms with E-state index in [4.69, 9.17) is 9.47 Å². The molecule has 122 valence electrons. The first kappa shape index (κ1) is 16.0. The average molecular weight is 322 g/mol. The lowest BCUT2D eigenvalue weighted by Gasteiger charge is -2.12. The fourth-order valence-electron chi connectivity index (χ4n) is 2.92. The fourth-order valence-corrected chi connectivity index (χ4v) is 2.92. The van der Waals surface area contributed by atoms with Crippen LogP contribution >= 0.6 is 0 Å². The van der Waals surface area contributed by atoms with E-state index >= 15 is 0 Å². The molecule has 0 aliphatic heterocycles. The molecule has 0 N–H and O–H groups in total. The second-order valence-corrected chi connectivity index (χ2v) is 5.68. The number of carbonyl (C=O) groups excluding carboxylic acids is 1. The van der Waals surface area contributed by atoms with Crippen molar-refractivity contribution in [1.82, 2.24) is 0 Å². The van der Waals surface area contributed by atoms with E-state index in [2.05, 4.69) is 0 Å². The number of rotatable bonds is 3. The molecule has 0 fully saturated rings. The first-order valence-electron chi connectivity index (χ1n) is 7.68. The Hall–Kier alpha value is -2.88. The molecule has 3 aromatic carbocycles. The zero-order valence-electron chi connectivity index (χ0n) is 13.8. The third-order valence-electron chi connectivity index (χ3n) is 4.30. The minimum absolute atomic E-state index is 0.0836. The third-order valence-corrected chi connectivity index (χ3v) is 4.30. The first-order valence-corrected chi connectivity index (χ1v) is 7.68. The van der Waals surface area contributed by atoms with Gasteiger partial charge in [0.15, 0.2) is 5.43 Å². The van der Waals surface area contributed by atoms with Crippen LogP contribution in [0.25, 0.3) is 21.5 Å². The highest BCUT2D eigenvalue weighted by molar-refractivity contribution is 5.97. The summed E-state index contributed by atoms with van der Waals surface area (Å²) >= 11 is 0. The lowest BCUT2D eigenvalue weighted by atomic mass is 9.97. The number of ether oxygens (including phenoxy) is 2. The maximum atomic E-state index is 13.0. The van der Waals surface area contributed by atoms with Crippen molar-refractivity contribution in [2.75, 3.05) is 14.2 Å². The van der Waals surface area contributed by atoms with Crippen LogP contribution < -0.4 is 10.2 Å². The Morgan fingerprint density at radius 3 is 2.42 bits per heavy atom. The first-order chi connectivity index (χ1) is 11.6. The van der Waals surface area contributed by atoms with Gasteiger partial charge in [-0.1, -0.05) is 36.4 Å². The summed E-state index contributed by atoms with van der Waals surface area (Å²) in [6.07, 6.45) is 0. The van der Waals surface area contributed by atoms with Crippen molar-refractivity contribution in [3.63, 3.8) is 0 Å². The van der Waals surface area contributed by atoms with Gasteiger partial charge in [-0.3, -0.25) is 9.59 Å². The molecule has 4 heteroatoms. The normalized spacial score (nSPS) is 12.1. The topological polar surface area (TPSA) is 52.6 Å². The molecule has 3 aromatic rings. The van der Waals surface area contributed by atoms with E-state index < -0.39 is 5.92 Å². The van der Waals surface area contributed by atoms with Gasteiger partial charge in [-0.25, -0.2) is 0 Å². The molecule has 1 unspecified atom stereocenters.